The van der Waals surface area contributed by atoms with Crippen LogP contribution in [-0.4, -0.2) is 77.3 Å². The van der Waals surface area contributed by atoms with E-state index in [2.05, 4.69) is 24.8 Å². The first kappa shape index (κ1) is 35.1. The van der Waals surface area contributed by atoms with Gasteiger partial charge in [0.05, 0.1) is 19.1 Å². The summed E-state index contributed by atoms with van der Waals surface area (Å²) in [5.41, 5.74) is 3.60. The van der Waals surface area contributed by atoms with E-state index in [0.717, 1.165) is 61.0 Å². The molecular formula is C37H53FN2O5. The van der Waals surface area contributed by atoms with Crippen LogP contribution in [0.2, 0.25) is 0 Å². The van der Waals surface area contributed by atoms with Crippen LogP contribution in [0.25, 0.3) is 0 Å². The highest BCUT2D eigenvalue weighted by Crippen LogP contribution is 2.41. The number of aliphatic hydroxyl groups is 1. The van der Waals surface area contributed by atoms with Crippen LogP contribution in [0.4, 0.5) is 4.39 Å². The van der Waals surface area contributed by atoms with Crippen molar-refractivity contribution in [2.45, 2.75) is 97.2 Å². The molecule has 2 aromatic rings. The number of rotatable bonds is 17. The molecule has 8 heteroatoms. The van der Waals surface area contributed by atoms with Gasteiger partial charge in [-0.3, -0.25) is 19.4 Å². The first-order valence-electron chi connectivity index (χ1n) is 16.9. The standard InChI is InChI=1S/C37H53FN2O5/c1-6-8-26(9-7-2)19-30(20-27-10-12-32(38)24(3)18-27)34(42)23-40-22-31(28-11-13-35-29(21-28)15-17-45-35)36(37(43)44)33(40)14-16-39(5)25(4)41/h10-13,18,21,25-26,30-31,33,36,41H,6-9,14-17,19-20,22-23H2,1-5H3,(H,43,44)/t25?,30?,31-,33+,36-/m1/s1. The van der Waals surface area contributed by atoms with Gasteiger partial charge >= 0.3 is 5.97 Å². The molecule has 248 valence electrons. The van der Waals surface area contributed by atoms with Gasteiger partial charge in [0.2, 0.25) is 0 Å². The van der Waals surface area contributed by atoms with Crippen LogP contribution >= 0.6 is 0 Å². The number of ketones is 1. The molecule has 0 bridgehead atoms. The van der Waals surface area contributed by atoms with E-state index in [9.17, 15) is 24.2 Å². The number of carboxylic acid groups (broad SMARTS) is 1. The highest BCUT2D eigenvalue weighted by molar-refractivity contribution is 5.83. The lowest BCUT2D eigenvalue weighted by atomic mass is 9.82. The summed E-state index contributed by atoms with van der Waals surface area (Å²) in [7, 11) is 1.82. The number of halogens is 1. The van der Waals surface area contributed by atoms with Gasteiger partial charge < -0.3 is 14.9 Å². The number of likely N-dealkylation sites (tertiary alicyclic amines) is 1. The minimum Gasteiger partial charge on any atom is -0.493 e. The highest BCUT2D eigenvalue weighted by Gasteiger charge is 2.47. The Bertz CT molecular complexity index is 1290. The van der Waals surface area contributed by atoms with Crippen LogP contribution in [0.3, 0.4) is 0 Å². The van der Waals surface area contributed by atoms with Gasteiger partial charge in [0, 0.05) is 37.4 Å². The lowest BCUT2D eigenvalue weighted by Gasteiger charge is -2.30. The van der Waals surface area contributed by atoms with Crippen molar-refractivity contribution < 1.29 is 28.9 Å². The second-order valence-electron chi connectivity index (χ2n) is 13.5. The number of hydrogen-bond donors (Lipinski definition) is 2. The lowest BCUT2D eigenvalue weighted by Crippen LogP contribution is -2.43. The van der Waals surface area contributed by atoms with Gasteiger partial charge in [0.15, 0.2) is 0 Å². The number of aryl methyl sites for hydroxylation is 1. The Morgan fingerprint density at radius 1 is 1.13 bits per heavy atom. The van der Waals surface area contributed by atoms with E-state index in [0.29, 0.717) is 44.0 Å². The molecule has 0 saturated carbocycles. The Labute approximate surface area is 268 Å². The maximum absolute atomic E-state index is 14.3. The summed E-state index contributed by atoms with van der Waals surface area (Å²) in [4.78, 5) is 31.2. The van der Waals surface area contributed by atoms with Crippen LogP contribution in [0.15, 0.2) is 36.4 Å². The third-order valence-corrected chi connectivity index (χ3v) is 10.1. The molecule has 7 nitrogen and oxygen atoms in total. The second kappa shape index (κ2) is 16.1. The molecule has 0 amide bonds. The van der Waals surface area contributed by atoms with Crippen LogP contribution in [0.5, 0.6) is 5.75 Å². The topological polar surface area (TPSA) is 90.3 Å². The Morgan fingerprint density at radius 2 is 1.87 bits per heavy atom. The Hall–Kier alpha value is -2.81. The Kier molecular flexibility index (Phi) is 12.6. The number of aliphatic carboxylic acids is 1. The average molecular weight is 625 g/mol. The zero-order valence-corrected chi connectivity index (χ0v) is 27.8. The van der Waals surface area contributed by atoms with Crippen molar-refractivity contribution in [3.8, 4) is 5.75 Å². The smallest absolute Gasteiger partial charge is 0.308 e. The average Bonchev–Trinajstić information content (AvgIpc) is 3.61. The molecule has 0 radical (unpaired) electrons. The highest BCUT2D eigenvalue weighted by atomic mass is 19.1. The van der Waals surface area contributed by atoms with E-state index in [-0.39, 0.29) is 36.0 Å². The third-order valence-electron chi connectivity index (χ3n) is 10.1. The van der Waals surface area contributed by atoms with Gasteiger partial charge in [-0.25, -0.2) is 4.39 Å². The zero-order valence-electron chi connectivity index (χ0n) is 27.8. The molecular weight excluding hydrogens is 571 g/mol. The maximum Gasteiger partial charge on any atom is 0.308 e. The number of fused-ring (bicyclic) bond motifs is 1. The minimum absolute atomic E-state index is 0.121. The van der Waals surface area contributed by atoms with Gasteiger partial charge in [0.1, 0.15) is 23.6 Å². The fourth-order valence-corrected chi connectivity index (χ4v) is 7.53. The van der Waals surface area contributed by atoms with Crippen molar-refractivity contribution in [1.29, 1.82) is 0 Å². The predicted octanol–water partition coefficient (Wildman–Crippen LogP) is 6.23. The van der Waals surface area contributed by atoms with E-state index in [1.165, 1.54) is 6.07 Å². The maximum atomic E-state index is 14.3. The molecule has 2 aromatic carbocycles. The molecule has 1 saturated heterocycles. The van der Waals surface area contributed by atoms with Crippen molar-refractivity contribution in [1.82, 2.24) is 9.80 Å². The molecule has 2 aliphatic rings. The summed E-state index contributed by atoms with van der Waals surface area (Å²) < 4.78 is 19.8. The molecule has 0 aromatic heterocycles. The molecule has 1 fully saturated rings. The summed E-state index contributed by atoms with van der Waals surface area (Å²) in [6.07, 6.45) is 6.22. The van der Waals surface area contributed by atoms with E-state index in [4.69, 9.17) is 4.74 Å². The van der Waals surface area contributed by atoms with Crippen LogP contribution < -0.4 is 4.74 Å². The predicted molar refractivity (Wildman–Crippen MR) is 175 cm³/mol. The molecule has 0 aliphatic carbocycles. The SMILES string of the molecule is CCCC(CCC)CC(Cc1ccc(F)c(C)c1)C(=O)CN1C[C@H](c2ccc3c(c2)CCO3)[C@@H](C(=O)O)[C@@H]1CCN(C)C(C)O. The number of benzene rings is 2. The number of ether oxygens (including phenoxy) is 1. The third kappa shape index (κ3) is 8.93. The summed E-state index contributed by atoms with van der Waals surface area (Å²) in [6.45, 7) is 9.60. The van der Waals surface area contributed by atoms with E-state index >= 15 is 0 Å². The van der Waals surface area contributed by atoms with Gasteiger partial charge in [-0.2, -0.15) is 0 Å². The monoisotopic (exact) mass is 624 g/mol. The molecule has 45 heavy (non-hydrogen) atoms. The van der Waals surface area contributed by atoms with Crippen molar-refractivity contribution in [2.75, 3.05) is 33.3 Å². The number of carbonyl (C=O) groups excluding carboxylic acids is 1. The van der Waals surface area contributed by atoms with Crippen molar-refractivity contribution in [2.24, 2.45) is 17.8 Å². The van der Waals surface area contributed by atoms with E-state index < -0.39 is 18.1 Å². The van der Waals surface area contributed by atoms with Gasteiger partial charge in [-0.1, -0.05) is 63.8 Å². The largest absolute Gasteiger partial charge is 0.493 e. The Balaban J connectivity index is 1.63. The summed E-state index contributed by atoms with van der Waals surface area (Å²) >= 11 is 0. The zero-order chi connectivity index (χ0) is 32.7. The van der Waals surface area contributed by atoms with Gasteiger partial charge in [-0.05, 0) is 80.5 Å². The fraction of sp³-hybridized carbons (Fsp3) is 0.622. The molecule has 0 spiro atoms. The number of carbonyl (C=O) groups is 2. The number of carboxylic acids is 1. The molecule has 2 heterocycles. The van der Waals surface area contributed by atoms with Crippen LogP contribution in [0, 0.1) is 30.5 Å². The second-order valence-corrected chi connectivity index (χ2v) is 13.5. The normalized spacial score (nSPS) is 21.2. The van der Waals surface area contributed by atoms with E-state index in [1.54, 1.807) is 24.8 Å². The summed E-state index contributed by atoms with van der Waals surface area (Å²) in [5.74, 6) is -0.895. The molecule has 4 rings (SSSR count). The quantitative estimate of drug-likeness (QED) is 0.202. The van der Waals surface area contributed by atoms with Gasteiger partial charge in [0.25, 0.3) is 0 Å². The summed E-state index contributed by atoms with van der Waals surface area (Å²) in [5, 5.41) is 20.7. The number of hydrogen-bond acceptors (Lipinski definition) is 6. The fourth-order valence-electron chi connectivity index (χ4n) is 7.53. The molecule has 2 aliphatic heterocycles. The molecule has 2 unspecified atom stereocenters. The number of nitrogens with zero attached hydrogens (tertiary/aromatic N) is 2. The van der Waals surface area contributed by atoms with Crippen molar-refractivity contribution in [3.63, 3.8) is 0 Å². The minimum atomic E-state index is -0.860. The van der Waals surface area contributed by atoms with Gasteiger partial charge in [-0.15, -0.1) is 0 Å². The molecule has 2 N–H and O–H groups in total. The van der Waals surface area contributed by atoms with Crippen LogP contribution in [-0.2, 0) is 22.4 Å². The number of Topliss-reactive ketones (excluding diaryl/α,β-unsaturated/α-hetero) is 1. The first-order chi connectivity index (χ1) is 21.5. The molecule has 5 atom stereocenters. The van der Waals surface area contributed by atoms with E-state index in [1.807, 2.05) is 25.2 Å². The van der Waals surface area contributed by atoms with Crippen LogP contribution in [0.1, 0.15) is 87.5 Å². The Morgan fingerprint density at radius 3 is 2.51 bits per heavy atom. The van der Waals surface area contributed by atoms with Crippen molar-refractivity contribution >= 4 is 11.8 Å². The summed E-state index contributed by atoms with van der Waals surface area (Å²) in [6, 6.07) is 10.8. The lowest BCUT2D eigenvalue weighted by molar-refractivity contribution is -0.143. The number of aliphatic hydroxyl groups excluding tert-OH is 1. The first-order valence-corrected chi connectivity index (χ1v) is 16.9. The van der Waals surface area contributed by atoms with Crippen molar-refractivity contribution in [3.05, 3.63) is 64.5 Å².